The van der Waals surface area contributed by atoms with Gasteiger partial charge in [-0.15, -0.1) is 0 Å². The first-order chi connectivity index (χ1) is 8.79. The Morgan fingerprint density at radius 3 is 2.89 bits per heavy atom. The molecule has 1 aliphatic rings. The minimum Gasteiger partial charge on any atom is -0.445 e. The van der Waals surface area contributed by atoms with E-state index in [-0.39, 0.29) is 12.2 Å². The summed E-state index contributed by atoms with van der Waals surface area (Å²) in [6, 6.07) is 9.70. The predicted molar refractivity (Wildman–Crippen MR) is 68.2 cm³/mol. The number of rotatable bonds is 4. The number of nitrogens with zero attached hydrogens (tertiary/aromatic N) is 1. The maximum absolute atomic E-state index is 11.8. The van der Waals surface area contributed by atoms with E-state index in [0.29, 0.717) is 19.8 Å². The standard InChI is InChI=1S/C14H19NO3/c1-2-17-13-8-9-15(10-13)14(16)18-11-12-6-4-3-5-7-12/h3-7,13H,2,8-11H2,1H3. The molecule has 0 spiro atoms. The van der Waals surface area contributed by atoms with Gasteiger partial charge in [-0.1, -0.05) is 30.3 Å². The van der Waals surface area contributed by atoms with E-state index in [1.165, 1.54) is 0 Å². The van der Waals surface area contributed by atoms with Gasteiger partial charge in [0.15, 0.2) is 0 Å². The van der Waals surface area contributed by atoms with Crippen LogP contribution in [0.15, 0.2) is 30.3 Å². The second-order valence-corrected chi connectivity index (χ2v) is 4.35. The second-order valence-electron chi connectivity index (χ2n) is 4.35. The molecule has 0 N–H and O–H groups in total. The van der Waals surface area contributed by atoms with Gasteiger partial charge < -0.3 is 14.4 Å². The quantitative estimate of drug-likeness (QED) is 0.822. The van der Waals surface area contributed by atoms with E-state index in [9.17, 15) is 4.79 Å². The van der Waals surface area contributed by atoms with Crippen LogP contribution in [0.4, 0.5) is 4.79 Å². The van der Waals surface area contributed by atoms with E-state index in [1.54, 1.807) is 4.90 Å². The molecular formula is C14H19NO3. The van der Waals surface area contributed by atoms with Crippen LogP contribution in [0.25, 0.3) is 0 Å². The molecule has 1 atom stereocenters. The molecule has 1 aromatic rings. The van der Waals surface area contributed by atoms with Gasteiger partial charge >= 0.3 is 6.09 Å². The maximum Gasteiger partial charge on any atom is 0.410 e. The predicted octanol–water partition coefficient (Wildman–Crippen LogP) is 2.43. The fourth-order valence-corrected chi connectivity index (χ4v) is 2.08. The summed E-state index contributed by atoms with van der Waals surface area (Å²) in [6.07, 6.45) is 0.814. The summed E-state index contributed by atoms with van der Waals surface area (Å²) in [6.45, 7) is 4.35. The van der Waals surface area contributed by atoms with Gasteiger partial charge in [0.1, 0.15) is 6.61 Å². The Hall–Kier alpha value is -1.55. The SMILES string of the molecule is CCOC1CCN(C(=O)OCc2ccccc2)C1. The van der Waals surface area contributed by atoms with Gasteiger partial charge in [-0.2, -0.15) is 0 Å². The maximum atomic E-state index is 11.8. The summed E-state index contributed by atoms with van der Waals surface area (Å²) >= 11 is 0. The summed E-state index contributed by atoms with van der Waals surface area (Å²) < 4.78 is 10.8. The number of ether oxygens (including phenoxy) is 2. The van der Waals surface area contributed by atoms with Gasteiger partial charge in [0.05, 0.1) is 12.6 Å². The van der Waals surface area contributed by atoms with E-state index in [4.69, 9.17) is 9.47 Å². The van der Waals surface area contributed by atoms with Crippen molar-refractivity contribution in [3.05, 3.63) is 35.9 Å². The first-order valence-electron chi connectivity index (χ1n) is 6.37. The molecular weight excluding hydrogens is 230 g/mol. The van der Waals surface area contributed by atoms with Crippen LogP contribution in [0.5, 0.6) is 0 Å². The van der Waals surface area contributed by atoms with E-state index in [1.807, 2.05) is 37.3 Å². The van der Waals surface area contributed by atoms with Gasteiger partial charge in [-0.3, -0.25) is 0 Å². The zero-order valence-electron chi connectivity index (χ0n) is 10.7. The number of benzene rings is 1. The van der Waals surface area contributed by atoms with Crippen molar-refractivity contribution >= 4 is 6.09 Å². The van der Waals surface area contributed by atoms with Gasteiger partial charge in [-0.25, -0.2) is 4.79 Å². The molecule has 4 nitrogen and oxygen atoms in total. The first-order valence-corrected chi connectivity index (χ1v) is 6.37. The highest BCUT2D eigenvalue weighted by atomic mass is 16.6. The zero-order valence-corrected chi connectivity index (χ0v) is 10.7. The molecule has 1 saturated heterocycles. The number of hydrogen-bond donors (Lipinski definition) is 0. The number of amides is 1. The van der Waals surface area contributed by atoms with E-state index < -0.39 is 0 Å². The molecule has 1 heterocycles. The normalized spacial score (nSPS) is 18.9. The smallest absolute Gasteiger partial charge is 0.410 e. The van der Waals surface area contributed by atoms with Crippen molar-refractivity contribution in [3.63, 3.8) is 0 Å². The topological polar surface area (TPSA) is 38.8 Å². The summed E-state index contributed by atoms with van der Waals surface area (Å²) in [5.41, 5.74) is 1.01. The van der Waals surface area contributed by atoms with E-state index in [0.717, 1.165) is 18.5 Å². The minimum atomic E-state index is -0.249. The molecule has 0 radical (unpaired) electrons. The van der Waals surface area contributed by atoms with Crippen LogP contribution >= 0.6 is 0 Å². The molecule has 18 heavy (non-hydrogen) atoms. The lowest BCUT2D eigenvalue weighted by atomic mass is 10.2. The molecule has 0 aromatic heterocycles. The van der Waals surface area contributed by atoms with Crippen LogP contribution in [0.2, 0.25) is 0 Å². The van der Waals surface area contributed by atoms with Gasteiger partial charge in [0.2, 0.25) is 0 Å². The van der Waals surface area contributed by atoms with Crippen molar-refractivity contribution < 1.29 is 14.3 Å². The van der Waals surface area contributed by atoms with Crippen molar-refractivity contribution in [3.8, 4) is 0 Å². The minimum absolute atomic E-state index is 0.166. The van der Waals surface area contributed by atoms with Crippen LogP contribution in [0.1, 0.15) is 18.9 Å². The molecule has 0 aliphatic carbocycles. The Balaban J connectivity index is 1.76. The Labute approximate surface area is 107 Å². The number of likely N-dealkylation sites (tertiary alicyclic amines) is 1. The molecule has 1 amide bonds. The zero-order chi connectivity index (χ0) is 12.8. The largest absolute Gasteiger partial charge is 0.445 e. The number of carbonyl (C=O) groups excluding carboxylic acids is 1. The second kappa shape index (κ2) is 6.40. The Kier molecular flexibility index (Phi) is 4.59. The van der Waals surface area contributed by atoms with Crippen LogP contribution in [-0.4, -0.2) is 36.8 Å². The van der Waals surface area contributed by atoms with Crippen LogP contribution in [0.3, 0.4) is 0 Å². The molecule has 0 bridgehead atoms. The third-order valence-electron chi connectivity index (χ3n) is 3.01. The third kappa shape index (κ3) is 3.47. The molecule has 1 aliphatic heterocycles. The van der Waals surface area contributed by atoms with Gasteiger partial charge in [-0.05, 0) is 18.9 Å². The molecule has 0 saturated carbocycles. The highest BCUT2D eigenvalue weighted by molar-refractivity contribution is 5.68. The molecule has 98 valence electrons. The Bertz CT molecular complexity index is 380. The molecule has 2 rings (SSSR count). The molecule has 1 fully saturated rings. The average molecular weight is 249 g/mol. The molecule has 1 aromatic carbocycles. The Morgan fingerprint density at radius 2 is 2.17 bits per heavy atom. The highest BCUT2D eigenvalue weighted by Gasteiger charge is 2.27. The van der Waals surface area contributed by atoms with Crippen molar-refractivity contribution in [2.45, 2.75) is 26.1 Å². The van der Waals surface area contributed by atoms with Crippen molar-refractivity contribution in [2.75, 3.05) is 19.7 Å². The van der Waals surface area contributed by atoms with E-state index in [2.05, 4.69) is 0 Å². The summed E-state index contributed by atoms with van der Waals surface area (Å²) in [7, 11) is 0. The van der Waals surface area contributed by atoms with Gasteiger partial charge in [0.25, 0.3) is 0 Å². The fraction of sp³-hybridized carbons (Fsp3) is 0.500. The van der Waals surface area contributed by atoms with Crippen molar-refractivity contribution in [1.29, 1.82) is 0 Å². The lowest BCUT2D eigenvalue weighted by molar-refractivity contribution is 0.0617. The average Bonchev–Trinajstić information content (AvgIpc) is 2.86. The third-order valence-corrected chi connectivity index (χ3v) is 3.01. The summed E-state index contributed by atoms with van der Waals surface area (Å²) in [4.78, 5) is 13.5. The molecule has 1 unspecified atom stereocenters. The van der Waals surface area contributed by atoms with Crippen LogP contribution in [-0.2, 0) is 16.1 Å². The first kappa shape index (κ1) is 12.9. The molecule has 4 heteroatoms. The Morgan fingerprint density at radius 1 is 1.39 bits per heavy atom. The van der Waals surface area contributed by atoms with Crippen molar-refractivity contribution in [1.82, 2.24) is 4.90 Å². The lowest BCUT2D eigenvalue weighted by Crippen LogP contribution is -2.30. The summed E-state index contributed by atoms with van der Waals surface area (Å²) in [5.74, 6) is 0. The summed E-state index contributed by atoms with van der Waals surface area (Å²) in [5, 5.41) is 0. The van der Waals surface area contributed by atoms with Crippen molar-refractivity contribution in [2.24, 2.45) is 0 Å². The number of carbonyl (C=O) groups is 1. The van der Waals surface area contributed by atoms with Gasteiger partial charge in [0, 0.05) is 13.2 Å². The fourth-order valence-electron chi connectivity index (χ4n) is 2.08. The highest BCUT2D eigenvalue weighted by Crippen LogP contribution is 2.14. The van der Waals surface area contributed by atoms with Crippen LogP contribution in [0, 0.1) is 0 Å². The number of hydrogen-bond acceptors (Lipinski definition) is 3. The lowest BCUT2D eigenvalue weighted by Gasteiger charge is -2.16. The van der Waals surface area contributed by atoms with Crippen LogP contribution < -0.4 is 0 Å². The monoisotopic (exact) mass is 249 g/mol. The van der Waals surface area contributed by atoms with E-state index >= 15 is 0 Å².